The summed E-state index contributed by atoms with van der Waals surface area (Å²) in [6.07, 6.45) is 1.36. The van der Waals surface area contributed by atoms with Gasteiger partial charge in [-0.1, -0.05) is 60.7 Å². The van der Waals surface area contributed by atoms with Gasteiger partial charge in [0, 0.05) is 32.6 Å². The highest BCUT2D eigenvalue weighted by molar-refractivity contribution is 5.76. The molecule has 3 rings (SSSR count). The number of nitrogens with zero attached hydrogens (tertiary/aromatic N) is 1. The molecule has 0 saturated carbocycles. The van der Waals surface area contributed by atoms with Crippen molar-refractivity contribution < 1.29 is 9.53 Å². The molecule has 1 saturated heterocycles. The fourth-order valence-electron chi connectivity index (χ4n) is 3.11. The molecule has 1 fully saturated rings. The first kappa shape index (κ1) is 17.6. The van der Waals surface area contributed by atoms with Crippen LogP contribution in [0.2, 0.25) is 0 Å². The Labute approximate surface area is 149 Å². The van der Waals surface area contributed by atoms with Crippen LogP contribution >= 0.6 is 0 Å². The van der Waals surface area contributed by atoms with Gasteiger partial charge >= 0.3 is 0 Å². The second-order valence-corrected chi connectivity index (χ2v) is 6.50. The fourth-order valence-corrected chi connectivity index (χ4v) is 3.11. The molecule has 1 atom stereocenters. The maximum absolute atomic E-state index is 12.1. The van der Waals surface area contributed by atoms with E-state index in [1.165, 1.54) is 11.1 Å². The van der Waals surface area contributed by atoms with Crippen LogP contribution in [0.4, 0.5) is 0 Å². The topological polar surface area (TPSA) is 41.6 Å². The maximum Gasteiger partial charge on any atom is 0.220 e. The van der Waals surface area contributed by atoms with Crippen LogP contribution < -0.4 is 5.32 Å². The van der Waals surface area contributed by atoms with E-state index >= 15 is 0 Å². The zero-order valence-corrected chi connectivity index (χ0v) is 14.6. The van der Waals surface area contributed by atoms with E-state index in [2.05, 4.69) is 46.6 Å². The van der Waals surface area contributed by atoms with Crippen molar-refractivity contribution in [3.63, 3.8) is 0 Å². The van der Waals surface area contributed by atoms with E-state index in [0.717, 1.165) is 32.7 Å². The van der Waals surface area contributed by atoms with Crippen LogP contribution in [0.1, 0.15) is 17.5 Å². The lowest BCUT2D eigenvalue weighted by molar-refractivity contribution is -0.122. The number of aryl methyl sites for hydroxylation is 1. The molecule has 2 aromatic rings. The molecule has 1 aliphatic rings. The number of ether oxygens (including phenoxy) is 1. The van der Waals surface area contributed by atoms with E-state index in [9.17, 15) is 4.79 Å². The summed E-state index contributed by atoms with van der Waals surface area (Å²) in [5.41, 5.74) is 2.51. The Balaban J connectivity index is 1.38. The minimum Gasteiger partial charge on any atom is -0.374 e. The number of benzene rings is 2. The maximum atomic E-state index is 12.1. The first-order valence-corrected chi connectivity index (χ1v) is 8.98. The predicted octanol–water partition coefficient (Wildman–Crippen LogP) is 2.64. The average Bonchev–Trinajstić information content (AvgIpc) is 2.67. The summed E-state index contributed by atoms with van der Waals surface area (Å²) in [6, 6.07) is 20.6. The molecule has 132 valence electrons. The quantitative estimate of drug-likeness (QED) is 0.844. The minimum absolute atomic E-state index is 0.0677. The first-order valence-electron chi connectivity index (χ1n) is 8.98. The molecule has 0 aliphatic carbocycles. The summed E-state index contributed by atoms with van der Waals surface area (Å²) in [4.78, 5) is 14.4. The lowest BCUT2D eigenvalue weighted by Crippen LogP contribution is -2.47. The summed E-state index contributed by atoms with van der Waals surface area (Å²) >= 11 is 0. The van der Waals surface area contributed by atoms with Gasteiger partial charge in [0.1, 0.15) is 0 Å². The van der Waals surface area contributed by atoms with Crippen molar-refractivity contribution >= 4 is 5.91 Å². The highest BCUT2D eigenvalue weighted by Gasteiger charge is 2.20. The normalized spacial score (nSPS) is 18.0. The fraction of sp³-hybridized carbons (Fsp3) is 0.381. The molecule has 4 nitrogen and oxygen atoms in total. The van der Waals surface area contributed by atoms with E-state index in [4.69, 9.17) is 4.74 Å². The van der Waals surface area contributed by atoms with Crippen LogP contribution in [0.3, 0.4) is 0 Å². The zero-order valence-electron chi connectivity index (χ0n) is 14.6. The van der Waals surface area contributed by atoms with E-state index in [-0.39, 0.29) is 12.0 Å². The zero-order chi connectivity index (χ0) is 17.3. The Morgan fingerprint density at radius 3 is 2.44 bits per heavy atom. The van der Waals surface area contributed by atoms with Crippen molar-refractivity contribution in [3.8, 4) is 0 Å². The van der Waals surface area contributed by atoms with Crippen molar-refractivity contribution in [3.05, 3.63) is 71.8 Å². The molecular weight excluding hydrogens is 312 g/mol. The predicted molar refractivity (Wildman–Crippen MR) is 99.2 cm³/mol. The monoisotopic (exact) mass is 338 g/mol. The van der Waals surface area contributed by atoms with Crippen LogP contribution in [0.25, 0.3) is 0 Å². The molecule has 0 radical (unpaired) electrons. The molecule has 1 N–H and O–H groups in total. The van der Waals surface area contributed by atoms with Gasteiger partial charge in [-0.3, -0.25) is 9.69 Å². The molecule has 4 heteroatoms. The summed E-state index contributed by atoms with van der Waals surface area (Å²) in [6.45, 7) is 4.03. The third kappa shape index (κ3) is 6.00. The number of amides is 1. The van der Waals surface area contributed by atoms with Gasteiger partial charge in [0.05, 0.1) is 12.7 Å². The molecule has 0 spiro atoms. The number of rotatable bonds is 7. The molecular formula is C21H26N2O2. The standard InChI is InChI=1S/C21H26N2O2/c24-21(12-11-18-7-3-1-4-8-18)22-15-20-17-23(13-14-25-20)16-19-9-5-2-6-10-19/h1-10,20H,11-17H2,(H,22,24). The molecule has 0 bridgehead atoms. The van der Waals surface area contributed by atoms with Gasteiger partial charge < -0.3 is 10.1 Å². The lowest BCUT2D eigenvalue weighted by atomic mass is 10.1. The van der Waals surface area contributed by atoms with Crippen LogP contribution in [0.15, 0.2) is 60.7 Å². The Hall–Kier alpha value is -2.17. The van der Waals surface area contributed by atoms with E-state index in [1.807, 2.05) is 24.3 Å². The molecule has 1 amide bonds. The van der Waals surface area contributed by atoms with Crippen molar-refractivity contribution in [1.29, 1.82) is 0 Å². The number of nitrogens with one attached hydrogen (secondary N) is 1. The number of hydrogen-bond acceptors (Lipinski definition) is 3. The van der Waals surface area contributed by atoms with E-state index in [1.54, 1.807) is 0 Å². The van der Waals surface area contributed by atoms with Gasteiger partial charge in [-0.15, -0.1) is 0 Å². The number of carbonyl (C=O) groups excluding carboxylic acids is 1. The van der Waals surface area contributed by atoms with Gasteiger partial charge in [-0.05, 0) is 17.5 Å². The van der Waals surface area contributed by atoms with Gasteiger partial charge in [0.2, 0.25) is 5.91 Å². The molecule has 25 heavy (non-hydrogen) atoms. The third-order valence-electron chi connectivity index (χ3n) is 4.48. The SMILES string of the molecule is O=C(CCc1ccccc1)NCC1CN(Cc2ccccc2)CCO1. The summed E-state index contributed by atoms with van der Waals surface area (Å²) < 4.78 is 5.80. The molecule has 1 unspecified atom stereocenters. The average molecular weight is 338 g/mol. The molecule has 0 aromatic heterocycles. The summed E-state index contributed by atoms with van der Waals surface area (Å²) in [5.74, 6) is 0.0904. The Morgan fingerprint density at radius 1 is 1.04 bits per heavy atom. The Kier molecular flexibility index (Phi) is 6.60. The van der Waals surface area contributed by atoms with Gasteiger partial charge in [-0.25, -0.2) is 0 Å². The van der Waals surface area contributed by atoms with Crippen LogP contribution in [-0.4, -0.2) is 43.2 Å². The number of carbonyl (C=O) groups is 1. The molecule has 1 aliphatic heterocycles. The van der Waals surface area contributed by atoms with Crippen LogP contribution in [-0.2, 0) is 22.5 Å². The van der Waals surface area contributed by atoms with Crippen molar-refractivity contribution in [2.75, 3.05) is 26.2 Å². The molecule has 1 heterocycles. The lowest BCUT2D eigenvalue weighted by Gasteiger charge is -2.33. The van der Waals surface area contributed by atoms with Gasteiger partial charge in [0.25, 0.3) is 0 Å². The largest absolute Gasteiger partial charge is 0.374 e. The van der Waals surface area contributed by atoms with Crippen LogP contribution in [0, 0.1) is 0 Å². The first-order chi connectivity index (χ1) is 12.3. The van der Waals surface area contributed by atoms with Gasteiger partial charge in [0.15, 0.2) is 0 Å². The smallest absolute Gasteiger partial charge is 0.220 e. The second-order valence-electron chi connectivity index (χ2n) is 6.50. The van der Waals surface area contributed by atoms with E-state index in [0.29, 0.717) is 13.0 Å². The summed E-state index contributed by atoms with van der Waals surface area (Å²) in [5, 5.41) is 3.02. The number of morpholine rings is 1. The summed E-state index contributed by atoms with van der Waals surface area (Å²) in [7, 11) is 0. The van der Waals surface area contributed by atoms with Crippen molar-refractivity contribution in [2.45, 2.75) is 25.5 Å². The third-order valence-corrected chi connectivity index (χ3v) is 4.48. The van der Waals surface area contributed by atoms with Crippen molar-refractivity contribution in [2.24, 2.45) is 0 Å². The van der Waals surface area contributed by atoms with Gasteiger partial charge in [-0.2, -0.15) is 0 Å². The number of hydrogen-bond donors (Lipinski definition) is 1. The Morgan fingerprint density at radius 2 is 1.72 bits per heavy atom. The highest BCUT2D eigenvalue weighted by Crippen LogP contribution is 2.10. The highest BCUT2D eigenvalue weighted by atomic mass is 16.5. The second kappa shape index (κ2) is 9.35. The van der Waals surface area contributed by atoms with Crippen LogP contribution in [0.5, 0.6) is 0 Å². The minimum atomic E-state index is 0.0677. The molecule has 2 aromatic carbocycles. The Bertz CT molecular complexity index is 645. The van der Waals surface area contributed by atoms with E-state index < -0.39 is 0 Å². The van der Waals surface area contributed by atoms with Crippen molar-refractivity contribution in [1.82, 2.24) is 10.2 Å².